The molecule has 0 rings (SSSR count). The van der Waals surface area contributed by atoms with Crippen LogP contribution < -0.4 is 16.4 Å². The van der Waals surface area contributed by atoms with Gasteiger partial charge in [-0.2, -0.15) is 12.6 Å². The van der Waals surface area contributed by atoms with Crippen LogP contribution in [0, 0.1) is 0 Å². The largest absolute Gasteiger partial charge is 0.354 e. The minimum atomic E-state index is -0.592. The van der Waals surface area contributed by atoms with Crippen LogP contribution >= 0.6 is 12.6 Å². The smallest absolute Gasteiger partial charge is 0.312 e. The lowest BCUT2D eigenvalue weighted by Crippen LogP contribution is -2.37. The van der Waals surface area contributed by atoms with Crippen molar-refractivity contribution in [1.29, 1.82) is 0 Å². The van der Waals surface area contributed by atoms with Gasteiger partial charge in [0.15, 0.2) is 0 Å². The van der Waals surface area contributed by atoms with Crippen molar-refractivity contribution in [3.8, 4) is 0 Å². The van der Waals surface area contributed by atoms with Crippen molar-refractivity contribution >= 4 is 24.6 Å². The van der Waals surface area contributed by atoms with Crippen LogP contribution in [-0.2, 0) is 4.79 Å². The molecule has 0 aromatic rings. The average molecular weight is 177 g/mol. The van der Waals surface area contributed by atoms with Crippen LogP contribution in [0.15, 0.2) is 0 Å². The molecular weight excluding hydrogens is 166 g/mol. The second-order valence-corrected chi connectivity index (χ2v) is 2.12. The zero-order chi connectivity index (χ0) is 8.69. The van der Waals surface area contributed by atoms with Gasteiger partial charge in [-0.05, 0) is 0 Å². The van der Waals surface area contributed by atoms with Gasteiger partial charge in [0.05, 0.1) is 5.75 Å². The molecule has 0 atom stereocenters. The first kappa shape index (κ1) is 10.1. The van der Waals surface area contributed by atoms with E-state index in [0.717, 1.165) is 0 Å². The van der Waals surface area contributed by atoms with Crippen LogP contribution in [0.4, 0.5) is 4.79 Å². The lowest BCUT2D eigenvalue weighted by atomic mass is 10.6. The molecule has 0 aliphatic rings. The zero-order valence-electron chi connectivity index (χ0n) is 5.96. The molecule has 0 saturated carbocycles. The van der Waals surface area contributed by atoms with Crippen molar-refractivity contribution in [3.63, 3.8) is 0 Å². The molecule has 0 saturated heterocycles. The van der Waals surface area contributed by atoms with Gasteiger partial charge in [-0.15, -0.1) is 0 Å². The Labute approximate surface area is 70.1 Å². The zero-order valence-corrected chi connectivity index (χ0v) is 6.86. The molecule has 64 valence electrons. The number of primary amides is 1. The SMILES string of the molecule is NC(=O)NCCNC(=O)CS. The molecule has 11 heavy (non-hydrogen) atoms. The van der Waals surface area contributed by atoms with E-state index in [-0.39, 0.29) is 11.7 Å². The summed E-state index contributed by atoms with van der Waals surface area (Å²) in [6, 6.07) is -0.592. The number of rotatable bonds is 4. The van der Waals surface area contributed by atoms with Gasteiger partial charge in [0.25, 0.3) is 0 Å². The van der Waals surface area contributed by atoms with Gasteiger partial charge >= 0.3 is 6.03 Å². The second kappa shape index (κ2) is 5.84. The molecule has 0 radical (unpaired) electrons. The molecule has 0 unspecified atom stereocenters. The van der Waals surface area contributed by atoms with E-state index < -0.39 is 6.03 Å². The summed E-state index contributed by atoms with van der Waals surface area (Å²) < 4.78 is 0. The summed E-state index contributed by atoms with van der Waals surface area (Å²) in [5, 5.41) is 4.83. The summed E-state index contributed by atoms with van der Waals surface area (Å²) in [7, 11) is 0. The van der Waals surface area contributed by atoms with E-state index in [0.29, 0.717) is 13.1 Å². The van der Waals surface area contributed by atoms with Crippen LogP contribution in [0.2, 0.25) is 0 Å². The van der Waals surface area contributed by atoms with Gasteiger partial charge in [-0.1, -0.05) is 0 Å². The van der Waals surface area contributed by atoms with Crippen LogP contribution in [-0.4, -0.2) is 30.8 Å². The topological polar surface area (TPSA) is 84.2 Å². The first-order chi connectivity index (χ1) is 5.16. The Kier molecular flexibility index (Phi) is 5.36. The first-order valence-electron chi connectivity index (χ1n) is 3.07. The average Bonchev–Trinajstić information content (AvgIpc) is 1.97. The molecule has 3 amide bonds. The fraction of sp³-hybridized carbons (Fsp3) is 0.600. The highest BCUT2D eigenvalue weighted by atomic mass is 32.1. The molecule has 5 nitrogen and oxygen atoms in total. The summed E-state index contributed by atoms with van der Waals surface area (Å²) in [4.78, 5) is 20.6. The van der Waals surface area contributed by atoms with Crippen LogP contribution in [0.5, 0.6) is 0 Å². The third-order valence-electron chi connectivity index (χ3n) is 0.890. The highest BCUT2D eigenvalue weighted by molar-refractivity contribution is 7.81. The summed E-state index contributed by atoms with van der Waals surface area (Å²) in [5.41, 5.74) is 4.76. The predicted molar refractivity (Wildman–Crippen MR) is 44.4 cm³/mol. The van der Waals surface area contributed by atoms with E-state index in [1.807, 2.05) is 0 Å². The summed E-state index contributed by atoms with van der Waals surface area (Å²) in [5.74, 6) is -0.0177. The molecule has 0 bridgehead atoms. The number of nitrogens with one attached hydrogen (secondary N) is 2. The van der Waals surface area contributed by atoms with Crippen molar-refractivity contribution in [1.82, 2.24) is 10.6 Å². The van der Waals surface area contributed by atoms with Crippen molar-refractivity contribution in [2.24, 2.45) is 5.73 Å². The third kappa shape index (κ3) is 6.98. The van der Waals surface area contributed by atoms with Crippen molar-refractivity contribution in [3.05, 3.63) is 0 Å². The van der Waals surface area contributed by atoms with Crippen LogP contribution in [0.1, 0.15) is 0 Å². The number of hydrogen-bond donors (Lipinski definition) is 4. The van der Waals surface area contributed by atoms with Crippen molar-refractivity contribution in [2.75, 3.05) is 18.8 Å². The number of carbonyl (C=O) groups excluding carboxylic acids is 2. The highest BCUT2D eigenvalue weighted by Crippen LogP contribution is 1.71. The number of carbonyl (C=O) groups is 2. The minimum absolute atomic E-state index is 0.149. The molecule has 0 aliphatic carbocycles. The normalized spacial score (nSPS) is 8.82. The van der Waals surface area contributed by atoms with Gasteiger partial charge in [-0.3, -0.25) is 4.79 Å². The second-order valence-electron chi connectivity index (χ2n) is 1.80. The summed E-state index contributed by atoms with van der Waals surface area (Å²) in [6.45, 7) is 0.719. The summed E-state index contributed by atoms with van der Waals surface area (Å²) >= 11 is 3.73. The number of urea groups is 1. The standard InChI is InChI=1S/C5H11N3O2S/c6-5(10)8-2-1-7-4(9)3-11/h11H,1-3H2,(H,7,9)(H3,6,8,10). The van der Waals surface area contributed by atoms with Gasteiger partial charge < -0.3 is 16.4 Å². The molecule has 4 N–H and O–H groups in total. The monoisotopic (exact) mass is 177 g/mol. The Morgan fingerprint density at radius 2 is 1.82 bits per heavy atom. The van der Waals surface area contributed by atoms with Gasteiger partial charge in [-0.25, -0.2) is 4.79 Å². The number of amides is 3. The third-order valence-corrected chi connectivity index (χ3v) is 1.18. The van der Waals surface area contributed by atoms with Crippen molar-refractivity contribution in [2.45, 2.75) is 0 Å². The molecular formula is C5H11N3O2S. The van der Waals surface area contributed by atoms with Crippen LogP contribution in [0.25, 0.3) is 0 Å². The van der Waals surface area contributed by atoms with Gasteiger partial charge in [0.1, 0.15) is 0 Å². The molecule has 6 heteroatoms. The van der Waals surface area contributed by atoms with E-state index in [4.69, 9.17) is 5.73 Å². The van der Waals surface area contributed by atoms with Gasteiger partial charge in [0, 0.05) is 13.1 Å². The maximum absolute atomic E-state index is 10.5. The van der Waals surface area contributed by atoms with Crippen molar-refractivity contribution < 1.29 is 9.59 Å². The lowest BCUT2D eigenvalue weighted by Gasteiger charge is -2.02. The molecule has 0 aromatic heterocycles. The maximum atomic E-state index is 10.5. The number of thiol groups is 1. The maximum Gasteiger partial charge on any atom is 0.312 e. The van der Waals surface area contributed by atoms with Gasteiger partial charge in [0.2, 0.25) is 5.91 Å². The molecule has 0 fully saturated rings. The Morgan fingerprint density at radius 3 is 2.27 bits per heavy atom. The Balaban J connectivity index is 3.14. The number of nitrogens with two attached hydrogens (primary N) is 1. The predicted octanol–water partition coefficient (Wildman–Crippen LogP) is -1.30. The first-order valence-corrected chi connectivity index (χ1v) is 3.71. The molecule has 0 spiro atoms. The Bertz CT molecular complexity index is 151. The Hall–Kier alpha value is -0.910. The summed E-state index contributed by atoms with van der Waals surface area (Å²) in [6.07, 6.45) is 0. The van der Waals surface area contributed by atoms with E-state index in [9.17, 15) is 9.59 Å². The van der Waals surface area contributed by atoms with Crippen LogP contribution in [0.3, 0.4) is 0 Å². The number of hydrogen-bond acceptors (Lipinski definition) is 3. The molecule has 0 heterocycles. The van der Waals surface area contributed by atoms with E-state index in [1.54, 1.807) is 0 Å². The quantitative estimate of drug-likeness (QED) is 0.318. The molecule has 0 aromatic carbocycles. The highest BCUT2D eigenvalue weighted by Gasteiger charge is 1.95. The lowest BCUT2D eigenvalue weighted by molar-refractivity contribution is -0.118. The van der Waals surface area contributed by atoms with E-state index in [2.05, 4.69) is 23.3 Å². The molecule has 0 aliphatic heterocycles. The van der Waals surface area contributed by atoms with E-state index >= 15 is 0 Å². The Morgan fingerprint density at radius 1 is 1.27 bits per heavy atom. The van der Waals surface area contributed by atoms with E-state index in [1.165, 1.54) is 0 Å². The fourth-order valence-electron chi connectivity index (χ4n) is 0.444. The fourth-order valence-corrected chi connectivity index (χ4v) is 0.555. The minimum Gasteiger partial charge on any atom is -0.354 e.